The summed E-state index contributed by atoms with van der Waals surface area (Å²) in [4.78, 5) is 20.5. The van der Waals surface area contributed by atoms with Crippen molar-refractivity contribution in [1.82, 2.24) is 4.90 Å². The molecule has 21 heavy (non-hydrogen) atoms. The first kappa shape index (κ1) is 16.7. The second-order valence-corrected chi connectivity index (χ2v) is 4.91. The fourth-order valence-electron chi connectivity index (χ4n) is 1.69. The van der Waals surface area contributed by atoms with Gasteiger partial charge >= 0.3 is 0 Å². The maximum Gasteiger partial charge on any atom is 0.225 e. The summed E-state index contributed by atoms with van der Waals surface area (Å²) in [5, 5.41) is 0. The number of nitrogens with two attached hydrogens (primary N) is 2. The fourth-order valence-corrected chi connectivity index (χ4v) is 1.69. The summed E-state index contributed by atoms with van der Waals surface area (Å²) < 4.78 is 0. The second kappa shape index (κ2) is 8.04. The zero-order valence-electron chi connectivity index (χ0n) is 12.8. The van der Waals surface area contributed by atoms with Gasteiger partial charge in [0.05, 0.1) is 6.04 Å². The van der Waals surface area contributed by atoms with Crippen molar-refractivity contribution < 1.29 is 4.79 Å². The zero-order valence-corrected chi connectivity index (χ0v) is 12.8. The first-order chi connectivity index (χ1) is 9.90. The van der Waals surface area contributed by atoms with E-state index in [1.54, 1.807) is 0 Å². The number of hydrogen-bond acceptors (Lipinski definition) is 2. The summed E-state index contributed by atoms with van der Waals surface area (Å²) >= 11 is 0. The monoisotopic (exact) mass is 289 g/mol. The minimum Gasteiger partial charge on any atom is -0.369 e. The largest absolute Gasteiger partial charge is 0.369 e. The number of nitrogens with zero attached hydrogens (tertiary/aromatic N) is 3. The molecule has 0 aliphatic heterocycles. The van der Waals surface area contributed by atoms with Crippen molar-refractivity contribution in [3.8, 4) is 0 Å². The van der Waals surface area contributed by atoms with E-state index in [-0.39, 0.29) is 23.9 Å². The third-order valence-corrected chi connectivity index (χ3v) is 3.09. The van der Waals surface area contributed by atoms with E-state index < -0.39 is 0 Å². The first-order valence-corrected chi connectivity index (χ1v) is 6.85. The Morgan fingerprint density at radius 3 is 2.48 bits per heavy atom. The number of hydrogen-bond donors (Lipinski definition) is 2. The molecule has 0 radical (unpaired) electrons. The molecule has 0 aliphatic rings. The highest BCUT2D eigenvalue weighted by Gasteiger charge is 2.07. The van der Waals surface area contributed by atoms with Gasteiger partial charge in [0.1, 0.15) is 0 Å². The molecule has 1 aromatic carbocycles. The molecular weight excluding hydrogens is 266 g/mol. The minimum absolute atomic E-state index is 0.0318. The molecule has 1 atom stereocenters. The van der Waals surface area contributed by atoms with Gasteiger partial charge in [0.15, 0.2) is 0 Å². The average Bonchev–Trinajstić information content (AvgIpc) is 2.45. The van der Waals surface area contributed by atoms with Crippen LogP contribution >= 0.6 is 0 Å². The number of carbonyl (C=O) groups is 1. The van der Waals surface area contributed by atoms with Crippen LogP contribution in [-0.4, -0.2) is 35.8 Å². The van der Waals surface area contributed by atoms with E-state index >= 15 is 0 Å². The number of aliphatic imine (C=N–C) groups is 2. The quantitative estimate of drug-likeness (QED) is 0.642. The highest BCUT2D eigenvalue weighted by molar-refractivity contribution is 6.00. The lowest BCUT2D eigenvalue weighted by Crippen LogP contribution is -2.38. The van der Waals surface area contributed by atoms with Gasteiger partial charge in [-0.2, -0.15) is 4.99 Å². The van der Waals surface area contributed by atoms with Crippen LogP contribution in [0, 0.1) is 0 Å². The highest BCUT2D eigenvalue weighted by atomic mass is 16.2. The Morgan fingerprint density at radius 1 is 1.29 bits per heavy atom. The zero-order chi connectivity index (χ0) is 15.8. The van der Waals surface area contributed by atoms with Crippen LogP contribution in [0.3, 0.4) is 0 Å². The molecule has 6 nitrogen and oxygen atoms in total. The van der Waals surface area contributed by atoms with Crippen molar-refractivity contribution in [2.75, 3.05) is 7.05 Å². The van der Waals surface area contributed by atoms with E-state index in [4.69, 9.17) is 11.5 Å². The molecule has 0 spiro atoms. The summed E-state index contributed by atoms with van der Waals surface area (Å²) in [5.41, 5.74) is 12.6. The van der Waals surface area contributed by atoms with E-state index in [9.17, 15) is 4.79 Å². The minimum atomic E-state index is -0.207. The Bertz CT molecular complexity index is 524. The smallest absolute Gasteiger partial charge is 0.225 e. The highest BCUT2D eigenvalue weighted by Crippen LogP contribution is 2.07. The molecular formula is C15H23N5O. The molecule has 0 heterocycles. The van der Waals surface area contributed by atoms with Crippen molar-refractivity contribution in [3.63, 3.8) is 0 Å². The van der Waals surface area contributed by atoms with E-state index in [1.807, 2.05) is 25.1 Å². The number of benzene rings is 1. The van der Waals surface area contributed by atoms with Crippen LogP contribution in [0.1, 0.15) is 25.8 Å². The normalized spacial score (nSPS) is 13.9. The first-order valence-electron chi connectivity index (χ1n) is 6.85. The number of rotatable bonds is 4. The van der Waals surface area contributed by atoms with Gasteiger partial charge in [0.2, 0.25) is 17.8 Å². The summed E-state index contributed by atoms with van der Waals surface area (Å²) in [6.07, 6.45) is 1.79. The second-order valence-electron chi connectivity index (χ2n) is 4.91. The lowest BCUT2D eigenvalue weighted by atomic mass is 10.1. The van der Waals surface area contributed by atoms with E-state index in [0.29, 0.717) is 0 Å². The SMILES string of the molecule is CC(=O)N(C)/C(N)=N\C(N)=NC(C)CCc1ccccc1. The van der Waals surface area contributed by atoms with Crippen molar-refractivity contribution in [3.05, 3.63) is 35.9 Å². The lowest BCUT2D eigenvalue weighted by Gasteiger charge is -2.13. The fraction of sp³-hybridized carbons (Fsp3) is 0.400. The number of amides is 1. The summed E-state index contributed by atoms with van der Waals surface area (Å²) in [6, 6.07) is 10.2. The molecule has 0 aliphatic carbocycles. The predicted molar refractivity (Wildman–Crippen MR) is 85.9 cm³/mol. The van der Waals surface area contributed by atoms with Crippen LogP contribution in [0.25, 0.3) is 0 Å². The molecule has 1 aromatic rings. The average molecular weight is 289 g/mol. The molecule has 4 N–H and O–H groups in total. The molecule has 0 saturated heterocycles. The Hall–Kier alpha value is -2.37. The van der Waals surface area contributed by atoms with Gasteiger partial charge in [-0.3, -0.25) is 9.69 Å². The maximum absolute atomic E-state index is 11.1. The van der Waals surface area contributed by atoms with Gasteiger partial charge in [-0.25, -0.2) is 4.99 Å². The third kappa shape index (κ3) is 6.07. The van der Waals surface area contributed by atoms with Gasteiger partial charge in [-0.15, -0.1) is 0 Å². The van der Waals surface area contributed by atoms with Crippen LogP contribution in [-0.2, 0) is 11.2 Å². The van der Waals surface area contributed by atoms with Crippen molar-refractivity contribution in [2.24, 2.45) is 21.5 Å². The van der Waals surface area contributed by atoms with Crippen LogP contribution in [0.15, 0.2) is 40.3 Å². The van der Waals surface area contributed by atoms with Gasteiger partial charge in [-0.05, 0) is 25.3 Å². The molecule has 6 heteroatoms. The van der Waals surface area contributed by atoms with Crippen LogP contribution in [0.5, 0.6) is 0 Å². The van der Waals surface area contributed by atoms with Crippen LogP contribution < -0.4 is 11.5 Å². The molecule has 0 aromatic heterocycles. The van der Waals surface area contributed by atoms with E-state index in [0.717, 1.165) is 12.8 Å². The molecule has 0 fully saturated rings. The van der Waals surface area contributed by atoms with Crippen molar-refractivity contribution >= 4 is 17.8 Å². The van der Waals surface area contributed by atoms with Crippen LogP contribution in [0.2, 0.25) is 0 Å². The molecule has 0 saturated carbocycles. The van der Waals surface area contributed by atoms with E-state index in [1.165, 1.54) is 24.4 Å². The standard InChI is InChI=1S/C15H23N5O/c1-11(9-10-13-7-5-4-6-8-13)18-14(16)19-15(17)20(3)12(2)21/h4-8,11H,9-10H2,1-3H3,(H4,16,17,18,19). The van der Waals surface area contributed by atoms with E-state index in [2.05, 4.69) is 22.1 Å². The van der Waals surface area contributed by atoms with Crippen molar-refractivity contribution in [2.45, 2.75) is 32.7 Å². The Labute approximate surface area is 125 Å². The van der Waals surface area contributed by atoms with Gasteiger partial charge in [0, 0.05) is 14.0 Å². The van der Waals surface area contributed by atoms with Crippen molar-refractivity contribution in [1.29, 1.82) is 0 Å². The summed E-state index contributed by atoms with van der Waals surface area (Å²) in [7, 11) is 1.53. The van der Waals surface area contributed by atoms with Gasteiger partial charge in [0.25, 0.3) is 0 Å². The molecule has 1 unspecified atom stereocenters. The Morgan fingerprint density at radius 2 is 1.90 bits per heavy atom. The number of guanidine groups is 2. The van der Waals surface area contributed by atoms with Gasteiger partial charge < -0.3 is 11.5 Å². The Kier molecular flexibility index (Phi) is 6.39. The maximum atomic E-state index is 11.1. The molecule has 1 amide bonds. The summed E-state index contributed by atoms with van der Waals surface area (Å²) in [5.74, 6) is -0.0821. The molecule has 114 valence electrons. The number of aryl methyl sites for hydroxylation is 1. The number of carbonyl (C=O) groups excluding carboxylic acids is 1. The summed E-state index contributed by atoms with van der Waals surface area (Å²) in [6.45, 7) is 3.37. The molecule has 0 bridgehead atoms. The topological polar surface area (TPSA) is 97.1 Å². The lowest BCUT2D eigenvalue weighted by molar-refractivity contribution is -0.124. The molecule has 1 rings (SSSR count). The van der Waals surface area contributed by atoms with Gasteiger partial charge in [-0.1, -0.05) is 30.3 Å². The Balaban J connectivity index is 2.56. The third-order valence-electron chi connectivity index (χ3n) is 3.09. The van der Waals surface area contributed by atoms with Crippen LogP contribution in [0.4, 0.5) is 0 Å². The predicted octanol–water partition coefficient (Wildman–Crippen LogP) is 1.12.